The summed E-state index contributed by atoms with van der Waals surface area (Å²) in [5.74, 6) is 0. The van der Waals surface area contributed by atoms with Crippen LogP contribution in [0.2, 0.25) is 0 Å². The lowest BCUT2D eigenvalue weighted by molar-refractivity contribution is 0.586. The van der Waals surface area contributed by atoms with Crippen molar-refractivity contribution in [1.29, 1.82) is 0 Å². The third-order valence-corrected chi connectivity index (χ3v) is 3.74. The van der Waals surface area contributed by atoms with Crippen LogP contribution in [-0.4, -0.2) is 12.0 Å². The van der Waals surface area contributed by atoms with Gasteiger partial charge in [-0.2, -0.15) is 0 Å². The van der Waals surface area contributed by atoms with Crippen LogP contribution in [0.3, 0.4) is 0 Å². The van der Waals surface area contributed by atoms with Crippen LogP contribution in [0.1, 0.15) is 34.0 Å². The van der Waals surface area contributed by atoms with Crippen molar-refractivity contribution in [3.63, 3.8) is 0 Å². The molecule has 1 aromatic carbocycles. The van der Waals surface area contributed by atoms with E-state index in [9.17, 15) is 0 Å². The Morgan fingerprint density at radius 1 is 1.05 bits per heavy atom. The van der Waals surface area contributed by atoms with Gasteiger partial charge in [0.2, 0.25) is 0 Å². The highest BCUT2D eigenvalue weighted by Crippen LogP contribution is 2.22. The second-order valence-electron chi connectivity index (χ2n) is 5.15. The quantitative estimate of drug-likeness (QED) is 0.903. The fourth-order valence-electron chi connectivity index (χ4n) is 2.45. The van der Waals surface area contributed by atoms with Crippen LogP contribution < -0.4 is 5.32 Å². The largest absolute Gasteiger partial charge is 0.313 e. The number of pyridine rings is 1. The van der Waals surface area contributed by atoms with E-state index in [1.165, 1.54) is 22.3 Å². The monoisotopic (exact) mass is 254 g/mol. The Bertz CT molecular complexity index is 523. The number of hydrogen-bond acceptors (Lipinski definition) is 2. The Labute approximate surface area is 115 Å². The molecule has 0 amide bonds. The molecular weight excluding hydrogens is 232 g/mol. The van der Waals surface area contributed by atoms with Crippen LogP contribution in [0.25, 0.3) is 0 Å². The number of benzene rings is 1. The van der Waals surface area contributed by atoms with Gasteiger partial charge >= 0.3 is 0 Å². The summed E-state index contributed by atoms with van der Waals surface area (Å²) in [5.41, 5.74) is 6.46. The molecule has 2 rings (SSSR count). The van der Waals surface area contributed by atoms with E-state index in [0.29, 0.717) is 6.04 Å². The molecule has 1 N–H and O–H groups in total. The Kier molecular flexibility index (Phi) is 4.33. The Hall–Kier alpha value is -1.67. The van der Waals surface area contributed by atoms with E-state index < -0.39 is 0 Å². The fourth-order valence-corrected chi connectivity index (χ4v) is 2.45. The third kappa shape index (κ3) is 3.21. The van der Waals surface area contributed by atoms with Gasteiger partial charge in [0.25, 0.3) is 0 Å². The van der Waals surface area contributed by atoms with Crippen molar-refractivity contribution in [2.75, 3.05) is 7.05 Å². The molecule has 0 aliphatic heterocycles. The average Bonchev–Trinajstić information content (AvgIpc) is 2.40. The topological polar surface area (TPSA) is 24.9 Å². The molecule has 0 saturated heterocycles. The van der Waals surface area contributed by atoms with Gasteiger partial charge in [-0.15, -0.1) is 0 Å². The molecule has 100 valence electrons. The molecule has 1 aromatic heterocycles. The first-order valence-electron chi connectivity index (χ1n) is 6.76. The van der Waals surface area contributed by atoms with Gasteiger partial charge in [0, 0.05) is 17.9 Å². The van der Waals surface area contributed by atoms with E-state index in [0.717, 1.165) is 12.1 Å². The van der Waals surface area contributed by atoms with Crippen LogP contribution in [0.4, 0.5) is 0 Å². The molecule has 0 fully saturated rings. The predicted molar refractivity (Wildman–Crippen MR) is 80.4 cm³/mol. The van der Waals surface area contributed by atoms with Crippen molar-refractivity contribution >= 4 is 0 Å². The van der Waals surface area contributed by atoms with Crippen LogP contribution in [0.5, 0.6) is 0 Å². The fraction of sp³-hybridized carbons (Fsp3) is 0.353. The van der Waals surface area contributed by atoms with Crippen molar-refractivity contribution in [1.82, 2.24) is 10.3 Å². The minimum atomic E-state index is 0.313. The van der Waals surface area contributed by atoms with Gasteiger partial charge in [0.1, 0.15) is 0 Å². The first kappa shape index (κ1) is 13.8. The summed E-state index contributed by atoms with van der Waals surface area (Å²) < 4.78 is 0. The summed E-state index contributed by atoms with van der Waals surface area (Å²) in [7, 11) is 2.01. The van der Waals surface area contributed by atoms with Gasteiger partial charge in [-0.3, -0.25) is 4.98 Å². The maximum absolute atomic E-state index is 4.39. The zero-order chi connectivity index (χ0) is 13.8. The number of nitrogens with one attached hydrogen (secondary N) is 1. The normalized spacial score (nSPS) is 12.4. The zero-order valence-corrected chi connectivity index (χ0v) is 12.2. The lowest BCUT2D eigenvalue weighted by Gasteiger charge is -2.19. The number of rotatable bonds is 4. The number of hydrogen-bond donors (Lipinski definition) is 1. The Morgan fingerprint density at radius 2 is 1.74 bits per heavy atom. The molecule has 2 aromatic rings. The summed E-state index contributed by atoms with van der Waals surface area (Å²) in [6.45, 7) is 6.38. The average molecular weight is 254 g/mol. The van der Waals surface area contributed by atoms with Crippen molar-refractivity contribution in [2.24, 2.45) is 0 Å². The second kappa shape index (κ2) is 5.98. The summed E-state index contributed by atoms with van der Waals surface area (Å²) >= 11 is 0. The van der Waals surface area contributed by atoms with Crippen molar-refractivity contribution < 1.29 is 0 Å². The molecule has 2 nitrogen and oxygen atoms in total. The summed E-state index contributed by atoms with van der Waals surface area (Å²) in [6.07, 6.45) is 2.98. The number of aromatic nitrogens is 1. The smallest absolute Gasteiger partial charge is 0.0373 e. The van der Waals surface area contributed by atoms with E-state index in [4.69, 9.17) is 0 Å². The lowest BCUT2D eigenvalue weighted by atomic mass is 9.93. The molecule has 19 heavy (non-hydrogen) atoms. The summed E-state index contributed by atoms with van der Waals surface area (Å²) in [6, 6.07) is 11.0. The Morgan fingerprint density at radius 3 is 2.26 bits per heavy atom. The molecule has 0 aliphatic carbocycles. The number of likely N-dealkylation sites (N-methyl/N-ethyl adjacent to an activating group) is 1. The van der Waals surface area contributed by atoms with Gasteiger partial charge in [-0.05, 0) is 62.6 Å². The second-order valence-corrected chi connectivity index (χ2v) is 5.15. The molecule has 1 heterocycles. The molecule has 0 aliphatic rings. The molecule has 0 spiro atoms. The third-order valence-electron chi connectivity index (χ3n) is 3.74. The summed E-state index contributed by atoms with van der Waals surface area (Å²) in [4.78, 5) is 4.39. The molecule has 1 unspecified atom stereocenters. The minimum absolute atomic E-state index is 0.313. The van der Waals surface area contributed by atoms with Gasteiger partial charge in [0.05, 0.1) is 0 Å². The van der Waals surface area contributed by atoms with E-state index in [2.05, 4.69) is 54.5 Å². The van der Waals surface area contributed by atoms with Crippen LogP contribution in [0.15, 0.2) is 36.5 Å². The van der Waals surface area contributed by atoms with Crippen LogP contribution >= 0.6 is 0 Å². The highest BCUT2D eigenvalue weighted by molar-refractivity contribution is 5.35. The van der Waals surface area contributed by atoms with Crippen LogP contribution in [-0.2, 0) is 6.42 Å². The van der Waals surface area contributed by atoms with Gasteiger partial charge in [-0.25, -0.2) is 0 Å². The molecule has 1 atom stereocenters. The SMILES string of the molecule is CNC(Cc1c(C)cccc1C)c1ccc(C)nc1. The van der Waals surface area contributed by atoms with Crippen molar-refractivity contribution in [3.05, 3.63) is 64.5 Å². The molecule has 0 radical (unpaired) electrons. The van der Waals surface area contributed by atoms with E-state index in [1.807, 2.05) is 20.2 Å². The highest BCUT2D eigenvalue weighted by Gasteiger charge is 2.13. The number of nitrogens with zero attached hydrogens (tertiary/aromatic N) is 1. The minimum Gasteiger partial charge on any atom is -0.313 e. The van der Waals surface area contributed by atoms with Gasteiger partial charge in [-0.1, -0.05) is 24.3 Å². The van der Waals surface area contributed by atoms with Gasteiger partial charge < -0.3 is 5.32 Å². The maximum atomic E-state index is 4.39. The standard InChI is InChI=1S/C17H22N2/c1-12-6-5-7-13(2)16(12)10-17(18-4)15-9-8-14(3)19-11-15/h5-9,11,17-18H,10H2,1-4H3. The predicted octanol–water partition coefficient (Wildman–Crippen LogP) is 3.51. The zero-order valence-electron chi connectivity index (χ0n) is 12.2. The molecule has 0 bridgehead atoms. The number of aryl methyl sites for hydroxylation is 3. The Balaban J connectivity index is 2.26. The first-order valence-corrected chi connectivity index (χ1v) is 6.76. The lowest BCUT2D eigenvalue weighted by Crippen LogP contribution is -2.20. The van der Waals surface area contributed by atoms with E-state index >= 15 is 0 Å². The molecular formula is C17H22N2. The van der Waals surface area contributed by atoms with E-state index in [-0.39, 0.29) is 0 Å². The van der Waals surface area contributed by atoms with Crippen molar-refractivity contribution in [2.45, 2.75) is 33.2 Å². The highest BCUT2D eigenvalue weighted by atomic mass is 14.9. The molecule has 0 saturated carbocycles. The summed E-state index contributed by atoms with van der Waals surface area (Å²) in [5, 5.41) is 3.40. The maximum Gasteiger partial charge on any atom is 0.0373 e. The van der Waals surface area contributed by atoms with Crippen LogP contribution in [0, 0.1) is 20.8 Å². The van der Waals surface area contributed by atoms with Gasteiger partial charge in [0.15, 0.2) is 0 Å². The first-order chi connectivity index (χ1) is 9.11. The van der Waals surface area contributed by atoms with E-state index in [1.54, 1.807) is 0 Å². The molecule has 2 heteroatoms. The van der Waals surface area contributed by atoms with Crippen molar-refractivity contribution in [3.8, 4) is 0 Å².